The number of hydrogen-bond donors (Lipinski definition) is 3. The van der Waals surface area contributed by atoms with Gasteiger partial charge < -0.3 is 15.5 Å². The summed E-state index contributed by atoms with van der Waals surface area (Å²) in [5.74, 6) is 7.63. The Balaban J connectivity index is 2.67. The van der Waals surface area contributed by atoms with E-state index in [2.05, 4.69) is 41.5 Å². The molecule has 0 spiro atoms. The molecule has 0 unspecified atom stereocenters. The zero-order valence-corrected chi connectivity index (χ0v) is 12.3. The van der Waals surface area contributed by atoms with Gasteiger partial charge in [-0.1, -0.05) is 20.8 Å². The summed E-state index contributed by atoms with van der Waals surface area (Å²) >= 11 is 0. The van der Waals surface area contributed by atoms with Crippen LogP contribution in [0.5, 0.6) is 0 Å². The molecular weight excluding hydrogens is 242 g/mol. The highest BCUT2D eigenvalue weighted by Gasteiger charge is 2.18. The van der Waals surface area contributed by atoms with Crippen LogP contribution in [-0.4, -0.2) is 30.2 Å². The van der Waals surface area contributed by atoms with Crippen molar-refractivity contribution < 1.29 is 4.74 Å². The maximum Gasteiger partial charge on any atom is 0.145 e. The first-order chi connectivity index (χ1) is 8.97. The summed E-state index contributed by atoms with van der Waals surface area (Å²) in [4.78, 5) is 8.90. The molecule has 0 atom stereocenters. The molecule has 0 aliphatic carbocycles. The number of nitrogens with one attached hydrogen (secondary N) is 2. The average Bonchev–Trinajstić information content (AvgIpc) is 2.37. The van der Waals surface area contributed by atoms with Gasteiger partial charge in [0.25, 0.3) is 0 Å². The Bertz CT molecular complexity index is 389. The van der Waals surface area contributed by atoms with Crippen LogP contribution in [0.25, 0.3) is 0 Å². The molecule has 6 nitrogen and oxygen atoms in total. The van der Waals surface area contributed by atoms with Gasteiger partial charge >= 0.3 is 0 Å². The predicted molar refractivity (Wildman–Crippen MR) is 78.1 cm³/mol. The second kappa shape index (κ2) is 7.25. The third-order valence-electron chi connectivity index (χ3n) is 2.63. The minimum absolute atomic E-state index is 0.112. The van der Waals surface area contributed by atoms with Gasteiger partial charge in [0, 0.05) is 31.7 Å². The van der Waals surface area contributed by atoms with Gasteiger partial charge in [-0.15, -0.1) is 0 Å². The first-order valence-corrected chi connectivity index (χ1v) is 6.56. The number of ether oxygens (including phenoxy) is 1. The van der Waals surface area contributed by atoms with E-state index in [1.165, 1.54) is 0 Å². The third-order valence-corrected chi connectivity index (χ3v) is 2.63. The van der Waals surface area contributed by atoms with Gasteiger partial charge in [-0.2, -0.15) is 0 Å². The molecular formula is C13H25N5O. The first kappa shape index (κ1) is 15.7. The molecule has 0 amide bonds. The van der Waals surface area contributed by atoms with E-state index in [4.69, 9.17) is 10.6 Å². The van der Waals surface area contributed by atoms with Gasteiger partial charge in [-0.3, -0.25) is 0 Å². The SMILES string of the molecule is COCCCCNc1cc(NN)nc(C(C)(C)C)n1. The van der Waals surface area contributed by atoms with Crippen molar-refractivity contribution in [3.05, 3.63) is 11.9 Å². The number of rotatable bonds is 7. The van der Waals surface area contributed by atoms with Gasteiger partial charge in [-0.25, -0.2) is 15.8 Å². The van der Waals surface area contributed by atoms with Crippen LogP contribution in [-0.2, 0) is 10.2 Å². The third kappa shape index (κ3) is 5.40. The minimum Gasteiger partial charge on any atom is -0.385 e. The van der Waals surface area contributed by atoms with Gasteiger partial charge in [0.05, 0.1) is 0 Å². The lowest BCUT2D eigenvalue weighted by atomic mass is 9.96. The van der Waals surface area contributed by atoms with Gasteiger partial charge in [0.2, 0.25) is 0 Å². The topological polar surface area (TPSA) is 85.1 Å². The fourth-order valence-electron chi connectivity index (χ4n) is 1.54. The largest absolute Gasteiger partial charge is 0.385 e. The molecule has 0 aliphatic rings. The lowest BCUT2D eigenvalue weighted by Gasteiger charge is -2.18. The van der Waals surface area contributed by atoms with Crippen molar-refractivity contribution in [3.63, 3.8) is 0 Å². The number of hydrazine groups is 1. The lowest BCUT2D eigenvalue weighted by Crippen LogP contribution is -2.20. The van der Waals surface area contributed by atoms with Crippen LogP contribution in [0.3, 0.4) is 0 Å². The van der Waals surface area contributed by atoms with E-state index in [0.29, 0.717) is 5.82 Å². The smallest absolute Gasteiger partial charge is 0.145 e. The van der Waals surface area contributed by atoms with Crippen LogP contribution in [0.1, 0.15) is 39.4 Å². The number of anilines is 2. The van der Waals surface area contributed by atoms with Crippen molar-refractivity contribution in [1.82, 2.24) is 9.97 Å². The van der Waals surface area contributed by atoms with Crippen molar-refractivity contribution >= 4 is 11.6 Å². The Kier molecular flexibility index (Phi) is 5.98. The van der Waals surface area contributed by atoms with Crippen LogP contribution < -0.4 is 16.6 Å². The molecule has 0 saturated carbocycles. The number of nitrogens with two attached hydrogens (primary N) is 1. The van der Waals surface area contributed by atoms with Gasteiger partial charge in [0.1, 0.15) is 17.5 Å². The zero-order valence-electron chi connectivity index (χ0n) is 12.3. The first-order valence-electron chi connectivity index (χ1n) is 6.56. The predicted octanol–water partition coefficient (Wildman–Crippen LogP) is 1.90. The molecule has 0 saturated heterocycles. The van der Waals surface area contributed by atoms with Crippen molar-refractivity contribution in [3.8, 4) is 0 Å². The number of unbranched alkanes of at least 4 members (excludes halogenated alkanes) is 1. The zero-order chi connectivity index (χ0) is 14.3. The fourth-order valence-corrected chi connectivity index (χ4v) is 1.54. The fraction of sp³-hybridized carbons (Fsp3) is 0.692. The highest BCUT2D eigenvalue weighted by atomic mass is 16.5. The minimum atomic E-state index is -0.112. The highest BCUT2D eigenvalue weighted by Crippen LogP contribution is 2.21. The summed E-state index contributed by atoms with van der Waals surface area (Å²) < 4.78 is 5.01. The Morgan fingerprint density at radius 2 is 1.89 bits per heavy atom. The normalized spacial score (nSPS) is 11.4. The lowest BCUT2D eigenvalue weighted by molar-refractivity contribution is 0.194. The van der Waals surface area contributed by atoms with E-state index < -0.39 is 0 Å². The van der Waals surface area contributed by atoms with E-state index in [-0.39, 0.29) is 5.41 Å². The molecule has 108 valence electrons. The molecule has 1 aromatic heterocycles. The molecule has 4 N–H and O–H groups in total. The molecule has 19 heavy (non-hydrogen) atoms. The highest BCUT2D eigenvalue weighted by molar-refractivity contribution is 5.47. The molecule has 1 heterocycles. The summed E-state index contributed by atoms with van der Waals surface area (Å²) in [5, 5.41) is 3.29. The number of aromatic nitrogens is 2. The van der Waals surface area contributed by atoms with Crippen LogP contribution in [0.4, 0.5) is 11.6 Å². The maximum absolute atomic E-state index is 5.44. The number of nitrogen functional groups attached to an aromatic ring is 1. The average molecular weight is 267 g/mol. The summed E-state index contributed by atoms with van der Waals surface area (Å²) in [6, 6.07) is 1.81. The number of nitrogens with zero attached hydrogens (tertiary/aromatic N) is 2. The molecule has 6 heteroatoms. The second-order valence-electron chi connectivity index (χ2n) is 5.48. The molecule has 0 fully saturated rings. The van der Waals surface area contributed by atoms with Gasteiger partial charge in [-0.05, 0) is 12.8 Å². The molecule has 1 aromatic rings. The van der Waals surface area contributed by atoms with Crippen LogP contribution in [0.2, 0.25) is 0 Å². The summed E-state index contributed by atoms with van der Waals surface area (Å²) in [6.45, 7) is 7.86. The number of hydrogen-bond acceptors (Lipinski definition) is 6. The molecule has 0 radical (unpaired) electrons. The quantitative estimate of drug-likeness (QED) is 0.397. The Hall–Kier alpha value is -1.40. The Morgan fingerprint density at radius 1 is 1.21 bits per heavy atom. The summed E-state index contributed by atoms with van der Waals surface area (Å²) in [6.07, 6.45) is 2.07. The van der Waals surface area contributed by atoms with Crippen LogP contribution >= 0.6 is 0 Å². The monoisotopic (exact) mass is 267 g/mol. The van der Waals surface area contributed by atoms with Crippen LogP contribution in [0, 0.1) is 0 Å². The van der Waals surface area contributed by atoms with E-state index in [0.717, 1.165) is 37.6 Å². The van der Waals surface area contributed by atoms with Gasteiger partial charge in [0.15, 0.2) is 0 Å². The van der Waals surface area contributed by atoms with E-state index in [9.17, 15) is 0 Å². The second-order valence-corrected chi connectivity index (χ2v) is 5.48. The van der Waals surface area contributed by atoms with Crippen molar-refractivity contribution in [2.24, 2.45) is 5.84 Å². The summed E-state index contributed by atoms with van der Waals surface area (Å²) in [7, 11) is 1.71. The standard InChI is InChI=1S/C13H25N5O/c1-13(2,3)12-16-10(9-11(17-12)18-14)15-7-5-6-8-19-4/h9H,5-8,14H2,1-4H3,(H2,15,16,17,18). The molecule has 0 aromatic carbocycles. The molecule has 0 aliphatic heterocycles. The number of methoxy groups -OCH3 is 1. The molecule has 0 bridgehead atoms. The van der Waals surface area contributed by atoms with E-state index in [1.807, 2.05) is 6.07 Å². The van der Waals surface area contributed by atoms with Crippen LogP contribution in [0.15, 0.2) is 6.07 Å². The molecule has 1 rings (SSSR count). The van der Waals surface area contributed by atoms with E-state index >= 15 is 0 Å². The van der Waals surface area contributed by atoms with Crippen molar-refractivity contribution in [2.45, 2.75) is 39.0 Å². The Labute approximate surface area is 115 Å². The Morgan fingerprint density at radius 3 is 2.47 bits per heavy atom. The van der Waals surface area contributed by atoms with E-state index in [1.54, 1.807) is 7.11 Å². The summed E-state index contributed by atoms with van der Waals surface area (Å²) in [5.41, 5.74) is 2.47. The van der Waals surface area contributed by atoms with Crippen molar-refractivity contribution in [2.75, 3.05) is 31.0 Å². The maximum atomic E-state index is 5.44. The van der Waals surface area contributed by atoms with Crippen molar-refractivity contribution in [1.29, 1.82) is 0 Å².